The van der Waals surface area contributed by atoms with Gasteiger partial charge in [-0.3, -0.25) is 0 Å². The van der Waals surface area contributed by atoms with Crippen LogP contribution < -0.4 is 0 Å². The van der Waals surface area contributed by atoms with E-state index in [1.165, 1.54) is 0 Å². The molecule has 0 heterocycles. The van der Waals surface area contributed by atoms with Crippen molar-refractivity contribution in [1.29, 1.82) is 0 Å². The molecule has 0 amide bonds. The monoisotopic (exact) mass is 344 g/mol. The molecule has 0 aliphatic heterocycles. The molecule has 0 aromatic heterocycles. The van der Waals surface area contributed by atoms with Gasteiger partial charge < -0.3 is 18.6 Å². The largest absolute Gasteiger partial charge is 0.553 e. The number of rotatable bonds is 7. The molecule has 124 valence electrons. The topological polar surface area (TPSA) is 71.1 Å². The highest BCUT2D eigenvalue weighted by Crippen LogP contribution is 2.21. The van der Waals surface area contributed by atoms with Gasteiger partial charge in [-0.2, -0.15) is 0 Å². The van der Waals surface area contributed by atoms with Crippen molar-refractivity contribution in [2.45, 2.75) is 6.16 Å². The van der Waals surface area contributed by atoms with E-state index in [1.807, 2.05) is 0 Å². The lowest BCUT2D eigenvalue weighted by molar-refractivity contribution is -0.409. The molecule has 2 aromatic carbocycles. The Kier molecular flexibility index (Phi) is 5.88. The molecule has 24 heavy (non-hydrogen) atoms. The van der Waals surface area contributed by atoms with Crippen LogP contribution >= 0.6 is 0 Å². The Hall–Kier alpha value is -2.90. The van der Waals surface area contributed by atoms with Crippen LogP contribution in [-0.2, 0) is 18.6 Å². The van der Waals surface area contributed by atoms with Crippen LogP contribution in [0.5, 0.6) is 0 Å². The zero-order valence-corrected chi connectivity index (χ0v) is 15.0. The molecule has 0 aliphatic rings. The van der Waals surface area contributed by atoms with E-state index in [-0.39, 0.29) is 21.6 Å². The average molecular weight is 344 g/mol. The SMILES string of the molecule is C=COC(O[SiH3])(OC(=O)c1ccccc1)OC(=O)c1ccccc1. The van der Waals surface area contributed by atoms with E-state index < -0.39 is 18.1 Å². The van der Waals surface area contributed by atoms with Crippen LogP contribution in [0.3, 0.4) is 0 Å². The van der Waals surface area contributed by atoms with E-state index in [2.05, 4.69) is 6.58 Å². The lowest BCUT2D eigenvalue weighted by Gasteiger charge is -2.28. The Morgan fingerprint density at radius 3 is 1.62 bits per heavy atom. The summed E-state index contributed by atoms with van der Waals surface area (Å²) in [6.45, 7) is 3.38. The minimum absolute atomic E-state index is 0.0688. The van der Waals surface area contributed by atoms with Crippen molar-refractivity contribution in [3.63, 3.8) is 0 Å². The minimum atomic E-state index is -2.31. The number of ether oxygens (including phenoxy) is 3. The number of hydrogen-bond acceptors (Lipinski definition) is 6. The summed E-state index contributed by atoms with van der Waals surface area (Å²) in [6, 6.07) is 16.4. The van der Waals surface area contributed by atoms with Crippen molar-refractivity contribution >= 4 is 22.4 Å². The summed E-state index contributed by atoms with van der Waals surface area (Å²) >= 11 is 0. The van der Waals surface area contributed by atoms with Crippen molar-refractivity contribution in [2.75, 3.05) is 0 Å². The maximum atomic E-state index is 12.2. The van der Waals surface area contributed by atoms with Gasteiger partial charge in [0, 0.05) is 0 Å². The number of benzene rings is 2. The van der Waals surface area contributed by atoms with Crippen molar-refractivity contribution in [2.24, 2.45) is 0 Å². The van der Waals surface area contributed by atoms with Gasteiger partial charge in [-0.15, -0.1) is 0 Å². The summed E-state index contributed by atoms with van der Waals surface area (Å²) in [5.74, 6) is -1.54. The quantitative estimate of drug-likeness (QED) is 0.330. The van der Waals surface area contributed by atoms with Crippen LogP contribution in [-0.4, -0.2) is 28.6 Å². The zero-order valence-electron chi connectivity index (χ0n) is 13.0. The first-order chi connectivity index (χ1) is 11.6. The van der Waals surface area contributed by atoms with E-state index in [4.69, 9.17) is 18.6 Å². The molecule has 0 radical (unpaired) electrons. The molecule has 0 N–H and O–H groups in total. The van der Waals surface area contributed by atoms with Gasteiger partial charge in [0.2, 0.25) is 0 Å². The van der Waals surface area contributed by atoms with E-state index in [0.29, 0.717) is 0 Å². The van der Waals surface area contributed by atoms with Crippen molar-refractivity contribution in [3.05, 3.63) is 84.6 Å². The van der Waals surface area contributed by atoms with Gasteiger partial charge in [-0.05, 0) is 24.3 Å². The first kappa shape index (κ1) is 17.5. The summed E-state index contributed by atoms with van der Waals surface area (Å²) < 4.78 is 20.5. The minimum Gasteiger partial charge on any atom is -0.406 e. The number of carbonyl (C=O) groups is 2. The fraction of sp³-hybridized carbons (Fsp3) is 0.0588. The third-order valence-corrected chi connectivity index (χ3v) is 3.43. The molecule has 0 atom stereocenters. The molecule has 7 heteroatoms. The standard InChI is InChI=1S/C17H16O6Si/c1-2-20-17(23-24,21-15(18)13-9-5-3-6-10-13)22-16(19)14-11-7-4-8-12-14/h2-12H,1H2,24H3. The molecule has 0 saturated carbocycles. The molecule has 0 spiro atoms. The summed E-state index contributed by atoms with van der Waals surface area (Å²) in [7, 11) is 0.0688. The smallest absolute Gasteiger partial charge is 0.406 e. The van der Waals surface area contributed by atoms with Crippen LogP contribution in [0.25, 0.3) is 0 Å². The van der Waals surface area contributed by atoms with Crippen molar-refractivity contribution in [1.82, 2.24) is 0 Å². The van der Waals surface area contributed by atoms with E-state index in [9.17, 15) is 9.59 Å². The Bertz CT molecular complexity index is 648. The molecular formula is C17H16O6Si. The summed E-state index contributed by atoms with van der Waals surface area (Å²) in [4.78, 5) is 24.4. The van der Waals surface area contributed by atoms with Gasteiger partial charge in [-0.1, -0.05) is 43.0 Å². The molecule has 2 aromatic rings. The molecule has 0 aliphatic carbocycles. The van der Waals surface area contributed by atoms with E-state index >= 15 is 0 Å². The molecule has 0 fully saturated rings. The number of hydrogen-bond donors (Lipinski definition) is 0. The van der Waals surface area contributed by atoms with Gasteiger partial charge in [0.15, 0.2) is 10.5 Å². The molecule has 6 nitrogen and oxygen atoms in total. The number of esters is 2. The molecule has 0 saturated heterocycles. The maximum absolute atomic E-state index is 12.2. The van der Waals surface area contributed by atoms with Crippen LogP contribution in [0.4, 0.5) is 0 Å². The highest BCUT2D eigenvalue weighted by molar-refractivity contribution is 5.98. The van der Waals surface area contributed by atoms with Crippen molar-refractivity contribution < 1.29 is 28.2 Å². The second-order valence-electron chi connectivity index (χ2n) is 4.50. The third-order valence-electron chi connectivity index (χ3n) is 2.93. The Labute approximate surface area is 142 Å². The highest BCUT2D eigenvalue weighted by atomic mass is 28.2. The first-order valence-electron chi connectivity index (χ1n) is 7.01. The van der Waals surface area contributed by atoms with E-state index in [0.717, 1.165) is 6.26 Å². The lowest BCUT2D eigenvalue weighted by atomic mass is 10.2. The Morgan fingerprint density at radius 2 is 1.29 bits per heavy atom. The lowest BCUT2D eigenvalue weighted by Crippen LogP contribution is -2.44. The summed E-state index contributed by atoms with van der Waals surface area (Å²) in [5.41, 5.74) is 0.507. The predicted octanol–water partition coefficient (Wildman–Crippen LogP) is 1.77. The second-order valence-corrected chi connectivity index (χ2v) is 4.91. The highest BCUT2D eigenvalue weighted by Gasteiger charge is 2.42. The molecule has 0 unspecified atom stereocenters. The normalized spacial score (nSPS) is 10.7. The van der Waals surface area contributed by atoms with E-state index in [1.54, 1.807) is 60.7 Å². The predicted molar refractivity (Wildman–Crippen MR) is 88.8 cm³/mol. The Balaban J connectivity index is 2.21. The van der Waals surface area contributed by atoms with Gasteiger partial charge in [-0.25, -0.2) is 9.59 Å². The first-order valence-corrected chi connectivity index (χ1v) is 7.82. The van der Waals surface area contributed by atoms with Gasteiger partial charge in [0.05, 0.1) is 17.4 Å². The Morgan fingerprint density at radius 1 is 0.875 bits per heavy atom. The van der Waals surface area contributed by atoms with Crippen LogP contribution in [0.15, 0.2) is 73.5 Å². The average Bonchev–Trinajstić information content (AvgIpc) is 2.63. The van der Waals surface area contributed by atoms with Gasteiger partial charge >= 0.3 is 18.1 Å². The fourth-order valence-corrected chi connectivity index (χ4v) is 2.06. The molecular weight excluding hydrogens is 328 g/mol. The van der Waals surface area contributed by atoms with Crippen LogP contribution in [0.2, 0.25) is 0 Å². The fourth-order valence-electron chi connectivity index (χ4n) is 1.80. The second kappa shape index (κ2) is 8.09. The van der Waals surface area contributed by atoms with Crippen molar-refractivity contribution in [3.8, 4) is 0 Å². The number of carbonyl (C=O) groups excluding carboxylic acids is 2. The van der Waals surface area contributed by atoms with Crippen LogP contribution in [0, 0.1) is 0 Å². The summed E-state index contributed by atoms with van der Waals surface area (Å²) in [5, 5.41) is 0. The van der Waals surface area contributed by atoms with Gasteiger partial charge in [0.1, 0.15) is 0 Å². The van der Waals surface area contributed by atoms with Gasteiger partial charge in [0.25, 0.3) is 0 Å². The third kappa shape index (κ3) is 4.31. The van der Waals surface area contributed by atoms with Crippen LogP contribution in [0.1, 0.15) is 20.7 Å². The zero-order chi connectivity index (χ0) is 17.4. The molecule has 0 bridgehead atoms. The summed E-state index contributed by atoms with van der Waals surface area (Å²) in [6.07, 6.45) is -1.34. The molecule has 2 rings (SSSR count). The maximum Gasteiger partial charge on any atom is 0.553 e.